The van der Waals surface area contributed by atoms with Gasteiger partial charge in [0.2, 0.25) is 0 Å². The Bertz CT molecular complexity index is 2090. The molecule has 0 spiro atoms. The van der Waals surface area contributed by atoms with Gasteiger partial charge in [-0.25, -0.2) is 23.6 Å². The number of halogens is 13. The highest BCUT2D eigenvalue weighted by Gasteiger charge is 2.42. The Kier molecular flexibility index (Phi) is 21.2. The van der Waals surface area contributed by atoms with Crippen molar-refractivity contribution in [3.8, 4) is 11.1 Å². The topological polar surface area (TPSA) is 200 Å². The zero-order chi connectivity index (χ0) is 51.9. The number of nitrogens with one attached hydrogen (secondary N) is 2. The van der Waals surface area contributed by atoms with E-state index in [9.17, 15) is 61.9 Å². The number of aliphatic carboxylic acids is 4. The fraction of sp³-hybridized carbons (Fsp3) is 0.439. The highest BCUT2D eigenvalue weighted by molar-refractivity contribution is 5.94. The van der Waals surface area contributed by atoms with Gasteiger partial charge in [0.1, 0.15) is 5.82 Å². The first-order valence-corrected chi connectivity index (χ1v) is 19.5. The lowest BCUT2D eigenvalue weighted by molar-refractivity contribution is -0.193. The standard InChI is InChI=1S/C33H40FN5O.4C2HF3O2/c1-23-18-38(12-11-35-23)19-25-5-3-7-27(13-25)31-15-24(9-10-32(31)34)17-36-33(40)28-8-4-6-26(14-28)20-39-22-29-16-30(39)21-37(29)2;4*3-2(4,5)1(6)7/h3-10,13-15,23,29-30,35H,11-12,16-22H2,1-2H3,(H,36,40);4*(H,6,7)/t23-,29-,30-;;;;/m0..../s1. The lowest BCUT2D eigenvalue weighted by Gasteiger charge is -2.31. The van der Waals surface area contributed by atoms with Gasteiger partial charge in [-0.3, -0.25) is 14.6 Å². The molecule has 2 bridgehead atoms. The molecule has 0 aliphatic carbocycles. The smallest absolute Gasteiger partial charge is 0.475 e. The molecule has 27 heteroatoms. The van der Waals surface area contributed by atoms with E-state index in [4.69, 9.17) is 39.6 Å². The van der Waals surface area contributed by atoms with Crippen molar-refractivity contribution >= 4 is 29.8 Å². The molecule has 1 amide bonds. The third-order valence-electron chi connectivity index (χ3n) is 9.75. The van der Waals surface area contributed by atoms with Gasteiger partial charge in [0.25, 0.3) is 5.91 Å². The van der Waals surface area contributed by atoms with E-state index in [1.54, 1.807) is 6.07 Å². The molecule has 3 aromatic carbocycles. The van der Waals surface area contributed by atoms with Crippen LogP contribution in [0.2, 0.25) is 0 Å². The molecule has 68 heavy (non-hydrogen) atoms. The number of carbonyl (C=O) groups is 5. The number of fused-ring (bicyclic) bond motifs is 2. The first-order chi connectivity index (χ1) is 31.2. The molecular formula is C41H44F13N5O9. The highest BCUT2D eigenvalue weighted by Crippen LogP contribution is 2.31. The van der Waals surface area contributed by atoms with Crippen LogP contribution < -0.4 is 10.6 Å². The zero-order valence-corrected chi connectivity index (χ0v) is 35.5. The largest absolute Gasteiger partial charge is 0.490 e. The van der Waals surface area contributed by atoms with E-state index in [-0.39, 0.29) is 11.7 Å². The highest BCUT2D eigenvalue weighted by atomic mass is 19.4. The monoisotopic (exact) mass is 997 g/mol. The minimum atomic E-state index is -5.08. The first kappa shape index (κ1) is 58.1. The SMILES string of the molecule is C[C@H]1CN(Cc2cccc(-c3cc(CNC(=O)c4cccc(CN5C[C@@H]6C[C@H]5CN6C)c4)ccc3F)c2)CCN1.O=C(O)C(F)(F)F.O=C(O)C(F)(F)F.O=C(O)C(F)(F)F.O=C(O)C(F)(F)F. The van der Waals surface area contributed by atoms with Crippen LogP contribution in [0.5, 0.6) is 0 Å². The van der Waals surface area contributed by atoms with E-state index in [1.165, 1.54) is 23.6 Å². The van der Waals surface area contributed by atoms with Gasteiger partial charge in [-0.15, -0.1) is 0 Å². The summed E-state index contributed by atoms with van der Waals surface area (Å²) < 4.78 is 142. The molecule has 0 saturated carbocycles. The summed E-state index contributed by atoms with van der Waals surface area (Å²) in [7, 11) is 2.21. The van der Waals surface area contributed by atoms with E-state index < -0.39 is 48.6 Å². The number of likely N-dealkylation sites (N-methyl/N-ethyl adjacent to an activating group) is 1. The Morgan fingerprint density at radius 1 is 0.647 bits per heavy atom. The third-order valence-corrected chi connectivity index (χ3v) is 9.75. The molecule has 3 aromatic rings. The van der Waals surface area contributed by atoms with Crippen LogP contribution in [0.4, 0.5) is 57.1 Å². The molecule has 3 saturated heterocycles. The number of piperazine rings is 2. The molecule has 3 aliphatic rings. The normalized spacial score (nSPS) is 18.5. The third kappa shape index (κ3) is 20.0. The van der Waals surface area contributed by atoms with Crippen LogP contribution in [-0.2, 0) is 38.8 Å². The summed E-state index contributed by atoms with van der Waals surface area (Å²) in [6.07, 6.45) is -19.1. The van der Waals surface area contributed by atoms with Crippen LogP contribution >= 0.6 is 0 Å². The van der Waals surface area contributed by atoms with Crippen molar-refractivity contribution in [1.29, 1.82) is 0 Å². The second-order valence-corrected chi connectivity index (χ2v) is 15.1. The molecule has 3 heterocycles. The molecule has 6 rings (SSSR count). The average Bonchev–Trinajstić information content (AvgIpc) is 3.79. The number of hydrogen-bond acceptors (Lipinski definition) is 9. The van der Waals surface area contributed by atoms with Crippen LogP contribution in [0.1, 0.15) is 40.4 Å². The number of alkyl halides is 12. The van der Waals surface area contributed by atoms with Gasteiger partial charge in [-0.1, -0.05) is 36.4 Å². The molecule has 0 unspecified atom stereocenters. The Morgan fingerprint density at radius 2 is 1.15 bits per heavy atom. The minimum Gasteiger partial charge on any atom is -0.475 e. The molecule has 3 fully saturated rings. The fourth-order valence-electron chi connectivity index (χ4n) is 6.63. The van der Waals surface area contributed by atoms with Crippen molar-refractivity contribution in [3.63, 3.8) is 0 Å². The van der Waals surface area contributed by atoms with Gasteiger partial charge in [0.05, 0.1) is 0 Å². The lowest BCUT2D eigenvalue weighted by Crippen LogP contribution is -2.48. The first-order valence-electron chi connectivity index (χ1n) is 19.5. The number of nitrogens with zero attached hydrogens (tertiary/aromatic N) is 3. The maximum absolute atomic E-state index is 14.9. The number of benzene rings is 3. The summed E-state index contributed by atoms with van der Waals surface area (Å²) in [4.78, 5) is 56.1. The van der Waals surface area contributed by atoms with Gasteiger partial charge < -0.3 is 36.0 Å². The van der Waals surface area contributed by atoms with E-state index in [0.717, 1.165) is 56.9 Å². The Balaban J connectivity index is 0.000000460. The summed E-state index contributed by atoms with van der Waals surface area (Å²) in [6, 6.07) is 23.0. The van der Waals surface area contributed by atoms with Crippen molar-refractivity contribution in [2.75, 3.05) is 39.8 Å². The Labute approximate surface area is 377 Å². The number of carbonyl (C=O) groups excluding carboxylic acids is 1. The van der Waals surface area contributed by atoms with E-state index in [0.29, 0.717) is 35.8 Å². The van der Waals surface area contributed by atoms with Crippen molar-refractivity contribution in [2.45, 2.75) is 75.8 Å². The second kappa shape index (κ2) is 24.8. The number of amides is 1. The van der Waals surface area contributed by atoms with Gasteiger partial charge in [0, 0.05) is 81.6 Å². The molecule has 6 N–H and O–H groups in total. The molecule has 0 radical (unpaired) electrons. The summed E-state index contributed by atoms with van der Waals surface area (Å²) in [5.41, 5.74) is 5.31. The quantitative estimate of drug-likeness (QED) is 0.132. The Morgan fingerprint density at radius 3 is 1.60 bits per heavy atom. The molecule has 14 nitrogen and oxygen atoms in total. The van der Waals surface area contributed by atoms with E-state index >= 15 is 0 Å². The number of hydrogen-bond donors (Lipinski definition) is 6. The maximum Gasteiger partial charge on any atom is 0.490 e. The van der Waals surface area contributed by atoms with Crippen molar-refractivity contribution in [1.82, 2.24) is 25.3 Å². The van der Waals surface area contributed by atoms with Crippen LogP contribution in [0, 0.1) is 5.82 Å². The average molecular weight is 998 g/mol. The molecule has 0 aromatic heterocycles. The number of rotatable bonds is 8. The van der Waals surface area contributed by atoms with Gasteiger partial charge in [-0.2, -0.15) is 52.7 Å². The molecule has 3 aliphatic heterocycles. The molecule has 3 atom stereocenters. The predicted molar refractivity (Wildman–Crippen MR) is 212 cm³/mol. The van der Waals surface area contributed by atoms with Crippen LogP contribution in [0.3, 0.4) is 0 Å². The zero-order valence-electron chi connectivity index (χ0n) is 35.5. The van der Waals surface area contributed by atoms with E-state index in [2.05, 4.69) is 57.5 Å². The lowest BCUT2D eigenvalue weighted by atomic mass is 10.00. The van der Waals surface area contributed by atoms with Crippen LogP contribution in [0.25, 0.3) is 11.1 Å². The van der Waals surface area contributed by atoms with Gasteiger partial charge in [0.15, 0.2) is 0 Å². The summed E-state index contributed by atoms with van der Waals surface area (Å²) in [6.45, 7) is 9.52. The van der Waals surface area contributed by atoms with Gasteiger partial charge >= 0.3 is 48.6 Å². The van der Waals surface area contributed by atoms with E-state index in [1.807, 2.05) is 36.4 Å². The van der Waals surface area contributed by atoms with Crippen molar-refractivity contribution in [2.24, 2.45) is 0 Å². The number of carboxylic acid groups (broad SMARTS) is 4. The number of likely N-dealkylation sites (tertiary alicyclic amines) is 2. The number of carboxylic acids is 4. The summed E-state index contributed by atoms with van der Waals surface area (Å²) >= 11 is 0. The van der Waals surface area contributed by atoms with Crippen molar-refractivity contribution < 1.29 is 101 Å². The van der Waals surface area contributed by atoms with Crippen molar-refractivity contribution in [3.05, 3.63) is 94.8 Å². The van der Waals surface area contributed by atoms with Gasteiger partial charge in [-0.05, 0) is 73.0 Å². The minimum absolute atomic E-state index is 0.109. The Hall–Kier alpha value is -6.06. The second-order valence-electron chi connectivity index (χ2n) is 15.1. The molecule has 378 valence electrons. The van der Waals surface area contributed by atoms with Crippen LogP contribution in [0.15, 0.2) is 66.7 Å². The van der Waals surface area contributed by atoms with Crippen LogP contribution in [-0.4, -0.2) is 148 Å². The maximum atomic E-state index is 14.9. The predicted octanol–water partition coefficient (Wildman–Crippen LogP) is 6.64. The summed E-state index contributed by atoms with van der Waals surface area (Å²) in [5.74, 6) is -11.4. The fourth-order valence-corrected chi connectivity index (χ4v) is 6.63. The summed E-state index contributed by atoms with van der Waals surface area (Å²) in [5, 5.41) is 35.0. The molecular weight excluding hydrogens is 953 g/mol.